The Labute approximate surface area is 169 Å². The number of rotatable bonds is 5. The lowest BCUT2D eigenvalue weighted by molar-refractivity contribution is -0.142. The van der Waals surface area contributed by atoms with E-state index < -0.39 is 11.9 Å². The molecule has 0 atom stereocenters. The molecule has 1 fully saturated rings. The summed E-state index contributed by atoms with van der Waals surface area (Å²) in [6.07, 6.45) is -3.10. The lowest BCUT2D eigenvalue weighted by atomic mass is 10.2. The van der Waals surface area contributed by atoms with Crippen LogP contribution in [-0.4, -0.2) is 58.3 Å². The molecular formula is C20H27F3N6. The van der Waals surface area contributed by atoms with Gasteiger partial charge in [-0.3, -0.25) is 9.58 Å². The first-order valence-corrected chi connectivity index (χ1v) is 9.76. The number of benzene rings is 1. The van der Waals surface area contributed by atoms with E-state index in [9.17, 15) is 13.2 Å². The first-order valence-electron chi connectivity index (χ1n) is 9.76. The van der Waals surface area contributed by atoms with E-state index >= 15 is 0 Å². The highest BCUT2D eigenvalue weighted by atomic mass is 19.4. The first-order chi connectivity index (χ1) is 13.9. The molecule has 0 bridgehead atoms. The van der Waals surface area contributed by atoms with Crippen LogP contribution in [0.3, 0.4) is 0 Å². The van der Waals surface area contributed by atoms with Crippen molar-refractivity contribution in [2.75, 3.05) is 32.7 Å². The van der Waals surface area contributed by atoms with Crippen LogP contribution in [0.2, 0.25) is 0 Å². The van der Waals surface area contributed by atoms with Gasteiger partial charge in [0.15, 0.2) is 11.7 Å². The van der Waals surface area contributed by atoms with Gasteiger partial charge in [-0.05, 0) is 12.5 Å². The van der Waals surface area contributed by atoms with Gasteiger partial charge in [-0.15, -0.1) is 0 Å². The molecule has 1 aromatic heterocycles. The molecule has 0 spiro atoms. The summed E-state index contributed by atoms with van der Waals surface area (Å²) in [4.78, 5) is 8.94. The molecular weight excluding hydrogens is 381 g/mol. The van der Waals surface area contributed by atoms with Crippen molar-refractivity contribution in [3.8, 4) is 0 Å². The Bertz CT molecular complexity index is 807. The third-order valence-electron chi connectivity index (χ3n) is 4.83. The third kappa shape index (κ3) is 5.72. The second-order valence-corrected chi connectivity index (χ2v) is 7.09. The van der Waals surface area contributed by atoms with E-state index in [-0.39, 0.29) is 12.1 Å². The summed E-state index contributed by atoms with van der Waals surface area (Å²) in [5, 5.41) is 6.75. The van der Waals surface area contributed by atoms with E-state index in [2.05, 4.69) is 37.3 Å². The van der Waals surface area contributed by atoms with Crippen LogP contribution in [0.15, 0.2) is 41.5 Å². The maximum absolute atomic E-state index is 13.2. The summed E-state index contributed by atoms with van der Waals surface area (Å²) in [5.41, 5.74) is 0.489. The fraction of sp³-hybridized carbons (Fsp3) is 0.500. The molecule has 6 nitrogen and oxygen atoms in total. The summed E-state index contributed by atoms with van der Waals surface area (Å²) < 4.78 is 40.6. The Hall–Kier alpha value is -2.55. The molecule has 9 heteroatoms. The van der Waals surface area contributed by atoms with E-state index in [1.165, 1.54) is 23.5 Å². The second-order valence-electron chi connectivity index (χ2n) is 7.09. The van der Waals surface area contributed by atoms with E-state index in [0.717, 1.165) is 32.7 Å². The number of aliphatic imine (C=N–C) groups is 1. The highest BCUT2D eigenvalue weighted by Crippen LogP contribution is 2.30. The average Bonchev–Trinajstić information content (AvgIpc) is 3.08. The van der Waals surface area contributed by atoms with Gasteiger partial charge < -0.3 is 10.2 Å². The van der Waals surface area contributed by atoms with Crippen LogP contribution in [0.5, 0.6) is 0 Å². The number of alkyl halides is 3. The van der Waals surface area contributed by atoms with Crippen LogP contribution in [0.4, 0.5) is 13.2 Å². The second kappa shape index (κ2) is 9.30. The SMILES string of the molecule is CCNC(=NCc1cn(C)nc1C(F)(F)F)N1CCN(Cc2ccccc2)CC1. The van der Waals surface area contributed by atoms with Gasteiger partial charge in [0.25, 0.3) is 0 Å². The van der Waals surface area contributed by atoms with E-state index in [4.69, 9.17) is 0 Å². The number of nitrogens with one attached hydrogen (secondary N) is 1. The van der Waals surface area contributed by atoms with Crippen molar-refractivity contribution in [3.63, 3.8) is 0 Å². The lowest BCUT2D eigenvalue weighted by Gasteiger charge is -2.36. The van der Waals surface area contributed by atoms with Gasteiger partial charge in [-0.1, -0.05) is 30.3 Å². The predicted octanol–water partition coefficient (Wildman–Crippen LogP) is 2.72. The van der Waals surface area contributed by atoms with E-state index in [1.807, 2.05) is 25.1 Å². The highest BCUT2D eigenvalue weighted by Gasteiger charge is 2.36. The Kier molecular flexibility index (Phi) is 6.79. The standard InChI is InChI=1S/C20H27F3N6/c1-3-24-19(25-13-17-15-27(2)26-18(17)20(21,22)23)29-11-9-28(10-12-29)14-16-7-5-4-6-8-16/h4-8,15H,3,9-14H2,1-2H3,(H,24,25). The van der Waals surface area contributed by atoms with Crippen LogP contribution in [-0.2, 0) is 26.3 Å². The van der Waals surface area contributed by atoms with Gasteiger partial charge in [0, 0.05) is 58.1 Å². The molecule has 1 aliphatic rings. The largest absolute Gasteiger partial charge is 0.435 e. The normalized spacial score (nSPS) is 16.3. The van der Waals surface area contributed by atoms with Crippen LogP contribution in [0, 0.1) is 0 Å². The Balaban J connectivity index is 1.63. The number of guanidine groups is 1. The summed E-state index contributed by atoms with van der Waals surface area (Å²) in [7, 11) is 1.49. The molecule has 0 aliphatic carbocycles. The molecule has 1 N–H and O–H groups in total. The van der Waals surface area contributed by atoms with Crippen molar-refractivity contribution in [2.45, 2.75) is 26.2 Å². The van der Waals surface area contributed by atoms with Crippen molar-refractivity contribution in [1.82, 2.24) is 24.9 Å². The molecule has 3 rings (SSSR count). The van der Waals surface area contributed by atoms with E-state index in [1.54, 1.807) is 0 Å². The van der Waals surface area contributed by atoms with Crippen LogP contribution < -0.4 is 5.32 Å². The minimum atomic E-state index is -4.48. The molecule has 0 unspecified atom stereocenters. The van der Waals surface area contributed by atoms with Gasteiger partial charge in [0.2, 0.25) is 0 Å². The quantitative estimate of drug-likeness (QED) is 0.611. The third-order valence-corrected chi connectivity index (χ3v) is 4.83. The van der Waals surface area contributed by atoms with Crippen LogP contribution >= 0.6 is 0 Å². The fourth-order valence-corrected chi connectivity index (χ4v) is 3.44. The molecule has 2 aromatic rings. The van der Waals surface area contributed by atoms with Crippen LogP contribution in [0.1, 0.15) is 23.7 Å². The fourth-order valence-electron chi connectivity index (χ4n) is 3.44. The molecule has 0 amide bonds. The molecule has 29 heavy (non-hydrogen) atoms. The number of aryl methyl sites for hydroxylation is 1. The van der Waals surface area contributed by atoms with E-state index in [0.29, 0.717) is 12.5 Å². The monoisotopic (exact) mass is 408 g/mol. The smallest absolute Gasteiger partial charge is 0.357 e. The molecule has 158 valence electrons. The Morgan fingerprint density at radius 2 is 1.83 bits per heavy atom. The van der Waals surface area contributed by atoms with Crippen LogP contribution in [0.25, 0.3) is 0 Å². The summed E-state index contributed by atoms with van der Waals surface area (Å²) in [6.45, 7) is 6.74. The van der Waals surface area contributed by atoms with Gasteiger partial charge in [-0.25, -0.2) is 4.99 Å². The van der Waals surface area contributed by atoms with Crippen molar-refractivity contribution in [3.05, 3.63) is 53.3 Å². The number of piperazine rings is 1. The number of hydrogen-bond acceptors (Lipinski definition) is 3. The Morgan fingerprint density at radius 1 is 1.14 bits per heavy atom. The van der Waals surface area contributed by atoms with Gasteiger partial charge >= 0.3 is 6.18 Å². The van der Waals surface area contributed by atoms with Gasteiger partial charge in [-0.2, -0.15) is 18.3 Å². The first kappa shape index (κ1) is 21.2. The van der Waals surface area contributed by atoms with Crippen molar-refractivity contribution < 1.29 is 13.2 Å². The van der Waals surface area contributed by atoms with Crippen molar-refractivity contribution in [1.29, 1.82) is 0 Å². The topological polar surface area (TPSA) is 48.7 Å². The summed E-state index contributed by atoms with van der Waals surface area (Å²) in [5.74, 6) is 0.642. The number of nitrogens with zero attached hydrogens (tertiary/aromatic N) is 5. The molecule has 0 radical (unpaired) electrons. The molecule has 2 heterocycles. The van der Waals surface area contributed by atoms with Crippen molar-refractivity contribution >= 4 is 5.96 Å². The zero-order valence-corrected chi connectivity index (χ0v) is 16.8. The zero-order chi connectivity index (χ0) is 20.9. The highest BCUT2D eigenvalue weighted by molar-refractivity contribution is 5.80. The lowest BCUT2D eigenvalue weighted by Crippen LogP contribution is -2.52. The minimum Gasteiger partial charge on any atom is -0.357 e. The molecule has 1 saturated heterocycles. The predicted molar refractivity (Wildman–Crippen MR) is 106 cm³/mol. The van der Waals surface area contributed by atoms with Gasteiger partial charge in [0.05, 0.1) is 6.54 Å². The zero-order valence-electron chi connectivity index (χ0n) is 16.8. The number of aromatic nitrogens is 2. The van der Waals surface area contributed by atoms with Gasteiger partial charge in [0.1, 0.15) is 0 Å². The Morgan fingerprint density at radius 3 is 2.45 bits per heavy atom. The average molecular weight is 408 g/mol. The summed E-state index contributed by atoms with van der Waals surface area (Å²) in [6, 6.07) is 10.3. The molecule has 1 aliphatic heterocycles. The number of halogens is 3. The maximum atomic E-state index is 13.2. The number of hydrogen-bond donors (Lipinski definition) is 1. The minimum absolute atomic E-state index is 0.0603. The van der Waals surface area contributed by atoms with Crippen molar-refractivity contribution in [2.24, 2.45) is 12.0 Å². The summed E-state index contributed by atoms with van der Waals surface area (Å²) >= 11 is 0. The molecule has 1 aromatic carbocycles. The molecule has 0 saturated carbocycles. The maximum Gasteiger partial charge on any atom is 0.435 e.